The van der Waals surface area contributed by atoms with E-state index in [4.69, 9.17) is 0 Å². The molecule has 2 aromatic carbocycles. The number of fused-ring (bicyclic) bond motifs is 7. The molecule has 0 amide bonds. The average molecular weight is 472 g/mol. The second-order valence-electron chi connectivity index (χ2n) is 8.75. The largest absolute Gasteiger partial charge is 0.395 e. The maximum Gasteiger partial charge on any atom is 0.206 e. The molecule has 1 saturated heterocycles. The molecule has 32 heavy (non-hydrogen) atoms. The van der Waals surface area contributed by atoms with Gasteiger partial charge in [-0.2, -0.15) is 0 Å². The summed E-state index contributed by atoms with van der Waals surface area (Å²) >= 11 is 0. The van der Waals surface area contributed by atoms with Crippen LogP contribution < -0.4 is 5.32 Å². The summed E-state index contributed by atoms with van der Waals surface area (Å²) in [5.41, 5.74) is 4.62. The van der Waals surface area contributed by atoms with Gasteiger partial charge >= 0.3 is 0 Å². The van der Waals surface area contributed by atoms with E-state index in [1.807, 2.05) is 35.0 Å². The molecule has 6 nitrogen and oxygen atoms in total. The fourth-order valence-corrected chi connectivity index (χ4v) is 6.85. The molecule has 0 saturated carbocycles. The Morgan fingerprint density at radius 1 is 1.06 bits per heavy atom. The third-order valence-electron chi connectivity index (χ3n) is 7.07. The summed E-state index contributed by atoms with van der Waals surface area (Å²) in [6, 6.07) is 13.5. The molecule has 2 atom stereocenters. The van der Waals surface area contributed by atoms with Crippen molar-refractivity contribution in [3.05, 3.63) is 59.9 Å². The van der Waals surface area contributed by atoms with Gasteiger partial charge in [-0.05, 0) is 60.9 Å². The van der Waals surface area contributed by atoms with Gasteiger partial charge in [-0.25, -0.2) is 8.42 Å². The van der Waals surface area contributed by atoms with E-state index in [0.29, 0.717) is 28.4 Å². The number of aliphatic hydroxyl groups excluding tert-OH is 1. The van der Waals surface area contributed by atoms with Crippen molar-refractivity contribution < 1.29 is 13.5 Å². The molecule has 2 aliphatic rings. The minimum absolute atomic E-state index is 0. The molecular formula is C24H26ClN3O3S. The van der Waals surface area contributed by atoms with E-state index in [0.717, 1.165) is 34.6 Å². The lowest BCUT2D eigenvalue weighted by Crippen LogP contribution is -2.32. The van der Waals surface area contributed by atoms with Crippen molar-refractivity contribution in [2.24, 2.45) is 7.05 Å². The number of rotatable bonds is 4. The third kappa shape index (κ3) is 3.03. The summed E-state index contributed by atoms with van der Waals surface area (Å²) in [5, 5.41) is 14.8. The molecule has 4 heterocycles. The number of aliphatic hydroxyl groups is 1. The molecule has 2 unspecified atom stereocenters. The molecule has 2 aromatic heterocycles. The van der Waals surface area contributed by atoms with Gasteiger partial charge in [-0.3, -0.25) is 0 Å². The first kappa shape index (κ1) is 21.5. The van der Waals surface area contributed by atoms with Crippen LogP contribution in [0.15, 0.2) is 58.5 Å². The van der Waals surface area contributed by atoms with Gasteiger partial charge in [0.1, 0.15) is 0 Å². The summed E-state index contributed by atoms with van der Waals surface area (Å²) in [6.45, 7) is 0.531. The molecule has 4 aromatic rings. The molecule has 168 valence electrons. The van der Waals surface area contributed by atoms with Crippen LogP contribution in [0.5, 0.6) is 0 Å². The van der Waals surface area contributed by atoms with Crippen LogP contribution in [0.25, 0.3) is 21.8 Å². The van der Waals surface area contributed by atoms with Crippen LogP contribution in [0, 0.1) is 0 Å². The second-order valence-corrected chi connectivity index (χ2v) is 10.7. The molecule has 0 spiro atoms. The van der Waals surface area contributed by atoms with Crippen LogP contribution in [0.4, 0.5) is 0 Å². The number of nitrogens with one attached hydrogen (secondary N) is 1. The smallest absolute Gasteiger partial charge is 0.206 e. The van der Waals surface area contributed by atoms with Crippen molar-refractivity contribution in [3.8, 4) is 0 Å². The molecule has 0 aliphatic carbocycles. The number of nitrogens with zero attached hydrogens (tertiary/aromatic N) is 2. The van der Waals surface area contributed by atoms with E-state index < -0.39 is 9.84 Å². The van der Waals surface area contributed by atoms with Gasteiger partial charge in [0, 0.05) is 65.8 Å². The van der Waals surface area contributed by atoms with E-state index in [9.17, 15) is 13.5 Å². The molecule has 8 heteroatoms. The van der Waals surface area contributed by atoms with Gasteiger partial charge in [0.15, 0.2) is 0 Å². The summed E-state index contributed by atoms with van der Waals surface area (Å²) in [6.07, 6.45) is 5.16. The average Bonchev–Trinajstić information content (AvgIpc) is 3.43. The first-order valence-electron chi connectivity index (χ1n) is 10.8. The standard InChI is InChI=1S/C24H25N3O3S.ClH/c1-26-22-7-4-18(14-19(22)24-20-5-2-16(25-20)13-23(24)26)31(29,30)17-3-6-21-15(12-17)8-9-27(21)10-11-28;/h3-4,6-9,12,14,16,20,25,28H,2,5,10-11,13H2,1H3;1H. The fraction of sp³-hybridized carbons (Fsp3) is 0.333. The highest BCUT2D eigenvalue weighted by molar-refractivity contribution is 7.91. The predicted molar refractivity (Wildman–Crippen MR) is 127 cm³/mol. The highest BCUT2D eigenvalue weighted by Crippen LogP contribution is 2.42. The highest BCUT2D eigenvalue weighted by Gasteiger charge is 2.36. The minimum atomic E-state index is -3.64. The summed E-state index contributed by atoms with van der Waals surface area (Å²) in [4.78, 5) is 0.632. The molecule has 2 bridgehead atoms. The Kier molecular flexibility index (Phi) is 5.13. The number of aromatic nitrogens is 2. The number of hydrogen-bond donors (Lipinski definition) is 2. The van der Waals surface area contributed by atoms with Crippen molar-refractivity contribution in [2.75, 3.05) is 6.61 Å². The van der Waals surface area contributed by atoms with Crippen LogP contribution >= 0.6 is 12.4 Å². The Morgan fingerprint density at radius 2 is 1.81 bits per heavy atom. The Labute approximate surface area is 193 Å². The fourth-order valence-electron chi connectivity index (χ4n) is 5.53. The lowest BCUT2D eigenvalue weighted by atomic mass is 9.99. The maximum atomic E-state index is 13.5. The van der Waals surface area contributed by atoms with E-state index in [2.05, 4.69) is 16.9 Å². The number of aryl methyl sites for hydroxylation is 1. The number of halogens is 1. The van der Waals surface area contributed by atoms with Crippen LogP contribution in [-0.2, 0) is 29.9 Å². The zero-order chi connectivity index (χ0) is 21.3. The topological polar surface area (TPSA) is 76.3 Å². The van der Waals surface area contributed by atoms with Crippen LogP contribution in [0.1, 0.15) is 30.1 Å². The lowest BCUT2D eigenvalue weighted by Gasteiger charge is -2.23. The van der Waals surface area contributed by atoms with E-state index >= 15 is 0 Å². The third-order valence-corrected chi connectivity index (χ3v) is 8.82. The zero-order valence-corrected chi connectivity index (χ0v) is 19.4. The zero-order valence-electron chi connectivity index (χ0n) is 17.8. The van der Waals surface area contributed by atoms with Crippen molar-refractivity contribution in [1.82, 2.24) is 14.5 Å². The highest BCUT2D eigenvalue weighted by atomic mass is 35.5. The van der Waals surface area contributed by atoms with Crippen molar-refractivity contribution >= 4 is 44.1 Å². The normalized spacial score (nSPS) is 19.9. The predicted octanol–water partition coefficient (Wildman–Crippen LogP) is 3.73. The van der Waals surface area contributed by atoms with Crippen LogP contribution in [0.2, 0.25) is 0 Å². The monoisotopic (exact) mass is 471 g/mol. The van der Waals surface area contributed by atoms with Gasteiger partial charge < -0.3 is 19.6 Å². The Bertz CT molecular complexity index is 1450. The SMILES string of the molecule is Cl.Cn1c2c(c3cc(S(=O)(=O)c4ccc5c(ccn5CCO)c4)ccc31)C1CCC(C2)N1. The number of hydrogen-bond acceptors (Lipinski definition) is 4. The quantitative estimate of drug-likeness (QED) is 0.475. The Hall–Kier alpha value is -2.32. The molecule has 6 rings (SSSR count). The minimum Gasteiger partial charge on any atom is -0.395 e. The number of sulfone groups is 1. The molecule has 1 fully saturated rings. The number of benzene rings is 2. The van der Waals surface area contributed by atoms with Crippen molar-refractivity contribution in [3.63, 3.8) is 0 Å². The van der Waals surface area contributed by atoms with Crippen molar-refractivity contribution in [2.45, 2.75) is 47.7 Å². The van der Waals surface area contributed by atoms with Gasteiger partial charge in [-0.1, -0.05) is 0 Å². The van der Waals surface area contributed by atoms with Gasteiger partial charge in [-0.15, -0.1) is 12.4 Å². The van der Waals surface area contributed by atoms with E-state index in [1.54, 1.807) is 18.2 Å². The van der Waals surface area contributed by atoms with E-state index in [-0.39, 0.29) is 19.0 Å². The Morgan fingerprint density at radius 3 is 2.59 bits per heavy atom. The van der Waals surface area contributed by atoms with E-state index in [1.165, 1.54) is 17.7 Å². The second kappa shape index (κ2) is 7.63. The van der Waals surface area contributed by atoms with Gasteiger partial charge in [0.2, 0.25) is 9.84 Å². The molecular weight excluding hydrogens is 446 g/mol. The first-order chi connectivity index (χ1) is 15.0. The molecule has 0 radical (unpaired) electrons. The Balaban J connectivity index is 0.00000216. The first-order valence-corrected chi connectivity index (χ1v) is 12.3. The summed E-state index contributed by atoms with van der Waals surface area (Å²) in [7, 11) is -1.56. The van der Waals surface area contributed by atoms with Gasteiger partial charge in [0.25, 0.3) is 0 Å². The van der Waals surface area contributed by atoms with Crippen LogP contribution in [-0.4, -0.2) is 35.3 Å². The molecule has 2 aliphatic heterocycles. The lowest BCUT2D eigenvalue weighted by molar-refractivity contribution is 0.278. The van der Waals surface area contributed by atoms with Crippen LogP contribution in [0.3, 0.4) is 0 Å². The van der Waals surface area contributed by atoms with Gasteiger partial charge in [0.05, 0.1) is 16.4 Å². The summed E-state index contributed by atoms with van der Waals surface area (Å²) in [5.74, 6) is 0. The molecule has 2 N–H and O–H groups in total. The van der Waals surface area contributed by atoms with Crippen molar-refractivity contribution in [1.29, 1.82) is 0 Å². The maximum absolute atomic E-state index is 13.5. The summed E-state index contributed by atoms with van der Waals surface area (Å²) < 4.78 is 31.2.